The molecule has 0 bridgehead atoms. The maximum absolute atomic E-state index is 13.6. The minimum Gasteiger partial charge on any atom is -0.464 e. The van der Waals surface area contributed by atoms with Gasteiger partial charge < -0.3 is 33.9 Å². The SMILES string of the molecule is CC(=O)OCCN(C(=O)COC(C)=O)c1c(I)c(COC(C)=O)c(I)c(C(=O)NCC(COC(C)=O)OC(C)=O)c1I. The Bertz CT molecular complexity index is 1240. The molecular weight excluding hydrogens is 901 g/mol. The standard InChI is InChI=1S/C25H29I3N2O12/c1-12(31)38-7-6-30(19(36)11-41-15(4)34)24-22(27)18(10-40-14(3)33)21(26)20(23(24)28)25(37)29-8-17(42-16(5)35)9-39-13(2)32/h17H,6-11H2,1-5H3,(H,29,37). The van der Waals surface area contributed by atoms with Gasteiger partial charge in [-0.3, -0.25) is 33.6 Å². The maximum Gasteiger partial charge on any atom is 0.303 e. The second-order valence-corrected chi connectivity index (χ2v) is 11.6. The predicted octanol–water partition coefficient (Wildman–Crippen LogP) is 2.25. The van der Waals surface area contributed by atoms with Crippen LogP contribution in [-0.2, 0) is 59.1 Å². The molecule has 2 amide bonds. The highest BCUT2D eigenvalue weighted by atomic mass is 127. The number of nitrogens with one attached hydrogen (secondary N) is 1. The second kappa shape index (κ2) is 18.4. The lowest BCUT2D eigenvalue weighted by Crippen LogP contribution is -2.40. The minimum absolute atomic E-state index is 0.0978. The van der Waals surface area contributed by atoms with Gasteiger partial charge in [0.1, 0.15) is 19.8 Å². The van der Waals surface area contributed by atoms with E-state index < -0.39 is 54.4 Å². The highest BCUT2D eigenvalue weighted by Crippen LogP contribution is 2.38. The number of amides is 2. The molecule has 0 saturated carbocycles. The molecule has 1 unspecified atom stereocenters. The van der Waals surface area contributed by atoms with Gasteiger partial charge >= 0.3 is 29.8 Å². The van der Waals surface area contributed by atoms with Crippen LogP contribution in [0.2, 0.25) is 0 Å². The zero-order valence-electron chi connectivity index (χ0n) is 23.3. The highest BCUT2D eigenvalue weighted by Gasteiger charge is 2.31. The molecule has 0 fully saturated rings. The van der Waals surface area contributed by atoms with E-state index in [1.54, 1.807) is 0 Å². The van der Waals surface area contributed by atoms with Crippen molar-refractivity contribution in [2.24, 2.45) is 0 Å². The molecule has 1 aromatic rings. The topological polar surface area (TPSA) is 181 Å². The lowest BCUT2D eigenvalue weighted by Gasteiger charge is -2.28. The number of hydrogen-bond acceptors (Lipinski definition) is 12. The van der Waals surface area contributed by atoms with E-state index in [4.69, 9.17) is 23.7 Å². The smallest absolute Gasteiger partial charge is 0.303 e. The summed E-state index contributed by atoms with van der Waals surface area (Å²) >= 11 is 5.75. The third-order valence-electron chi connectivity index (χ3n) is 4.92. The van der Waals surface area contributed by atoms with Gasteiger partial charge in [-0.15, -0.1) is 0 Å². The molecule has 14 nitrogen and oxygen atoms in total. The molecule has 0 aromatic heterocycles. The number of nitrogens with zero attached hydrogens (tertiary/aromatic N) is 1. The van der Waals surface area contributed by atoms with Crippen LogP contribution >= 0.6 is 67.8 Å². The fourth-order valence-electron chi connectivity index (χ4n) is 3.20. The number of hydrogen-bond donors (Lipinski definition) is 1. The van der Waals surface area contributed by atoms with Gasteiger partial charge in [0.25, 0.3) is 11.8 Å². The molecule has 1 N–H and O–H groups in total. The number of halogens is 3. The number of carbonyl (C=O) groups is 7. The van der Waals surface area contributed by atoms with Crippen LogP contribution in [0.15, 0.2) is 0 Å². The lowest BCUT2D eigenvalue weighted by atomic mass is 10.1. The largest absolute Gasteiger partial charge is 0.464 e. The zero-order valence-corrected chi connectivity index (χ0v) is 29.8. The summed E-state index contributed by atoms with van der Waals surface area (Å²) < 4.78 is 26.3. The molecule has 0 spiro atoms. The Morgan fingerprint density at radius 3 is 1.83 bits per heavy atom. The number of rotatable bonds is 14. The summed E-state index contributed by atoms with van der Waals surface area (Å²) in [5, 5.41) is 2.65. The van der Waals surface area contributed by atoms with E-state index in [1.165, 1.54) is 32.6 Å². The Kier molecular flexibility index (Phi) is 16.5. The maximum atomic E-state index is 13.6. The van der Waals surface area contributed by atoms with E-state index in [2.05, 4.69) is 5.32 Å². The Hall–Kier alpha value is -2.30. The van der Waals surface area contributed by atoms with Crippen LogP contribution in [0.25, 0.3) is 0 Å². The van der Waals surface area contributed by atoms with Gasteiger partial charge in [-0.05, 0) is 67.8 Å². The molecule has 17 heteroatoms. The summed E-state index contributed by atoms with van der Waals surface area (Å²) in [4.78, 5) is 85.2. The van der Waals surface area contributed by atoms with Crippen molar-refractivity contribution in [3.8, 4) is 0 Å². The Balaban J connectivity index is 3.66. The molecule has 0 aliphatic heterocycles. The molecule has 0 heterocycles. The van der Waals surface area contributed by atoms with Gasteiger partial charge in [0.15, 0.2) is 12.7 Å². The summed E-state index contributed by atoms with van der Waals surface area (Å²) in [6.07, 6.45) is -0.986. The molecule has 1 aromatic carbocycles. The van der Waals surface area contributed by atoms with Crippen LogP contribution in [0.4, 0.5) is 5.69 Å². The van der Waals surface area contributed by atoms with Crippen molar-refractivity contribution < 1.29 is 57.2 Å². The van der Waals surface area contributed by atoms with E-state index in [0.29, 0.717) is 16.3 Å². The number of carbonyl (C=O) groups excluding carboxylic acids is 7. The van der Waals surface area contributed by atoms with Gasteiger partial charge in [0, 0.05) is 47.3 Å². The van der Waals surface area contributed by atoms with Crippen molar-refractivity contribution in [2.75, 3.05) is 37.8 Å². The molecule has 42 heavy (non-hydrogen) atoms. The fourth-order valence-corrected chi connectivity index (χ4v) is 7.75. The third-order valence-corrected chi connectivity index (χ3v) is 8.32. The second-order valence-electron chi connectivity index (χ2n) is 8.33. The number of anilines is 1. The molecule has 232 valence electrons. The average Bonchev–Trinajstić information content (AvgIpc) is 2.87. The average molecular weight is 930 g/mol. The number of ether oxygens (including phenoxy) is 5. The summed E-state index contributed by atoms with van der Waals surface area (Å²) in [5.74, 6) is -4.43. The normalized spacial score (nSPS) is 11.0. The van der Waals surface area contributed by atoms with Crippen molar-refractivity contribution in [3.63, 3.8) is 0 Å². The van der Waals surface area contributed by atoms with Gasteiger partial charge in [-0.1, -0.05) is 0 Å². The van der Waals surface area contributed by atoms with Crippen LogP contribution in [0.5, 0.6) is 0 Å². The van der Waals surface area contributed by atoms with E-state index >= 15 is 0 Å². The van der Waals surface area contributed by atoms with E-state index in [9.17, 15) is 33.6 Å². The van der Waals surface area contributed by atoms with Crippen LogP contribution in [0.3, 0.4) is 0 Å². The first-order chi connectivity index (χ1) is 19.6. The highest BCUT2D eigenvalue weighted by molar-refractivity contribution is 14.1. The van der Waals surface area contributed by atoms with Crippen molar-refractivity contribution >= 4 is 115 Å². The van der Waals surface area contributed by atoms with E-state index in [1.807, 2.05) is 67.8 Å². The summed E-state index contributed by atoms with van der Waals surface area (Å²) in [6, 6.07) is 0. The first kappa shape index (κ1) is 37.7. The monoisotopic (exact) mass is 930 g/mol. The zero-order chi connectivity index (χ0) is 32.1. The Morgan fingerprint density at radius 1 is 0.738 bits per heavy atom. The van der Waals surface area contributed by atoms with Crippen LogP contribution < -0.4 is 10.2 Å². The van der Waals surface area contributed by atoms with Gasteiger partial charge in [0.05, 0.1) is 27.9 Å². The number of esters is 5. The molecular formula is C25H29I3N2O12. The summed E-state index contributed by atoms with van der Waals surface area (Å²) in [5.41, 5.74) is 0.728. The van der Waals surface area contributed by atoms with Crippen molar-refractivity contribution in [1.29, 1.82) is 0 Å². The van der Waals surface area contributed by atoms with Crippen LogP contribution in [0.1, 0.15) is 50.5 Å². The van der Waals surface area contributed by atoms with Gasteiger partial charge in [-0.25, -0.2) is 0 Å². The minimum atomic E-state index is -0.986. The molecule has 0 aliphatic rings. The van der Waals surface area contributed by atoms with Crippen LogP contribution in [-0.4, -0.2) is 80.7 Å². The first-order valence-corrected chi connectivity index (χ1v) is 15.3. The summed E-state index contributed by atoms with van der Waals surface area (Å²) in [7, 11) is 0. The van der Waals surface area contributed by atoms with Crippen molar-refractivity contribution in [3.05, 3.63) is 21.8 Å². The molecule has 1 atom stereocenters. The fraction of sp³-hybridized carbons (Fsp3) is 0.480. The Morgan fingerprint density at radius 2 is 1.31 bits per heavy atom. The lowest BCUT2D eigenvalue weighted by molar-refractivity contribution is -0.155. The summed E-state index contributed by atoms with van der Waals surface area (Å²) in [6.45, 7) is 4.15. The molecule has 0 radical (unpaired) electrons. The van der Waals surface area contributed by atoms with Crippen molar-refractivity contribution in [1.82, 2.24) is 5.32 Å². The quantitative estimate of drug-likeness (QED) is 0.164. The predicted molar refractivity (Wildman–Crippen MR) is 170 cm³/mol. The Labute approximate surface area is 282 Å². The molecule has 0 saturated heterocycles. The van der Waals surface area contributed by atoms with Gasteiger partial charge in [0.2, 0.25) is 0 Å². The third kappa shape index (κ3) is 12.5. The van der Waals surface area contributed by atoms with Gasteiger partial charge in [-0.2, -0.15) is 0 Å². The molecule has 0 aliphatic carbocycles. The van der Waals surface area contributed by atoms with Crippen LogP contribution in [0, 0.1) is 10.7 Å². The van der Waals surface area contributed by atoms with E-state index in [0.717, 1.165) is 6.92 Å². The number of benzene rings is 1. The molecule has 1 rings (SSSR count). The first-order valence-electron chi connectivity index (χ1n) is 12.0. The van der Waals surface area contributed by atoms with E-state index in [-0.39, 0.29) is 44.2 Å². The van der Waals surface area contributed by atoms with Crippen molar-refractivity contribution in [2.45, 2.75) is 47.3 Å².